The van der Waals surface area contributed by atoms with E-state index in [0.29, 0.717) is 37.0 Å². The van der Waals surface area contributed by atoms with Crippen molar-refractivity contribution in [2.45, 2.75) is 26.0 Å². The molecule has 1 atom stereocenters. The molecule has 156 valence electrons. The third-order valence-electron chi connectivity index (χ3n) is 5.34. The van der Waals surface area contributed by atoms with Gasteiger partial charge in [-0.25, -0.2) is 15.0 Å². The normalized spacial score (nSPS) is 15.5. The van der Waals surface area contributed by atoms with Crippen molar-refractivity contribution in [3.8, 4) is 17.3 Å². The molecule has 0 amide bonds. The van der Waals surface area contributed by atoms with Crippen molar-refractivity contribution in [2.24, 2.45) is 0 Å². The molecule has 5 heterocycles. The molecule has 0 aliphatic carbocycles. The number of thiophene rings is 1. The van der Waals surface area contributed by atoms with Crippen LogP contribution in [-0.4, -0.2) is 26.5 Å². The number of halogens is 1. The third-order valence-corrected chi connectivity index (χ3v) is 6.07. The molecule has 0 spiro atoms. The number of nitrogens with zero attached hydrogens (tertiary/aromatic N) is 5. The summed E-state index contributed by atoms with van der Waals surface area (Å²) >= 11 is 1.61. The molecule has 0 fully saturated rings. The summed E-state index contributed by atoms with van der Waals surface area (Å²) in [5, 5.41) is 4.01. The predicted octanol–water partition coefficient (Wildman–Crippen LogP) is 4.84. The minimum absolute atomic E-state index is 0.0412. The second kappa shape index (κ2) is 8.39. The molecule has 0 aromatic carbocycles. The molecule has 0 saturated heterocycles. The van der Waals surface area contributed by atoms with Gasteiger partial charge in [0, 0.05) is 43.1 Å². The summed E-state index contributed by atoms with van der Waals surface area (Å²) in [6.45, 7) is 3.13. The molecule has 1 unspecified atom stereocenters. The van der Waals surface area contributed by atoms with Gasteiger partial charge in [0.1, 0.15) is 23.9 Å². The van der Waals surface area contributed by atoms with Crippen molar-refractivity contribution in [1.29, 1.82) is 0 Å². The van der Waals surface area contributed by atoms with Crippen molar-refractivity contribution in [1.82, 2.24) is 19.9 Å². The molecular weight excluding hydrogens is 413 g/mol. The van der Waals surface area contributed by atoms with Crippen LogP contribution in [0, 0.1) is 5.95 Å². The highest BCUT2D eigenvalue weighted by Gasteiger charge is 2.27. The van der Waals surface area contributed by atoms with E-state index in [1.165, 1.54) is 6.07 Å². The number of hydrogen-bond donors (Lipinski definition) is 0. The molecule has 4 aromatic heterocycles. The summed E-state index contributed by atoms with van der Waals surface area (Å²) in [4.78, 5) is 19.8. The summed E-state index contributed by atoms with van der Waals surface area (Å²) in [5.74, 6) is 1.08. The van der Waals surface area contributed by atoms with E-state index in [9.17, 15) is 4.39 Å². The number of ether oxygens (including phenoxy) is 1. The highest BCUT2D eigenvalue weighted by atomic mass is 32.1. The van der Waals surface area contributed by atoms with Crippen LogP contribution in [0.15, 0.2) is 59.6 Å². The minimum atomic E-state index is -0.558. The summed E-state index contributed by atoms with van der Waals surface area (Å²) in [5.41, 5.74) is 3.81. The third kappa shape index (κ3) is 4.11. The number of hydrogen-bond acceptors (Lipinski definition) is 7. The number of rotatable bonds is 5. The summed E-state index contributed by atoms with van der Waals surface area (Å²) in [6, 6.07) is 10.7. The smallest absolute Gasteiger partial charge is 0.218 e. The molecule has 1 aliphatic heterocycles. The van der Waals surface area contributed by atoms with Crippen LogP contribution in [0.2, 0.25) is 0 Å². The van der Waals surface area contributed by atoms with Crippen LogP contribution in [-0.2, 0) is 13.0 Å². The maximum absolute atomic E-state index is 14.3. The topological polar surface area (TPSA) is 64.0 Å². The Balaban J connectivity index is 1.39. The molecule has 8 heteroatoms. The quantitative estimate of drug-likeness (QED) is 0.420. The lowest BCUT2D eigenvalue weighted by atomic mass is 9.99. The van der Waals surface area contributed by atoms with E-state index >= 15 is 0 Å². The van der Waals surface area contributed by atoms with Gasteiger partial charge in [0.05, 0.1) is 11.7 Å². The number of anilines is 1. The zero-order chi connectivity index (χ0) is 21.2. The Kier molecular flexibility index (Phi) is 5.30. The number of aromatic nitrogens is 4. The highest BCUT2D eigenvalue weighted by Crippen LogP contribution is 2.33. The van der Waals surface area contributed by atoms with Gasteiger partial charge in [-0.3, -0.25) is 4.98 Å². The Morgan fingerprint density at radius 1 is 1.19 bits per heavy atom. The Bertz CT molecular complexity index is 1190. The van der Waals surface area contributed by atoms with Crippen molar-refractivity contribution in [3.63, 3.8) is 0 Å². The molecular formula is C23H20FN5OS. The Morgan fingerprint density at radius 2 is 2.13 bits per heavy atom. The van der Waals surface area contributed by atoms with Gasteiger partial charge in [0.25, 0.3) is 0 Å². The van der Waals surface area contributed by atoms with E-state index in [4.69, 9.17) is 9.72 Å². The number of fused-ring (bicyclic) bond motifs is 1. The average Bonchev–Trinajstić information content (AvgIpc) is 3.32. The fraction of sp³-hybridized carbons (Fsp3) is 0.217. The standard InChI is InChI=1S/C23H20FN5OS/c1-15-18-12-26-23(20-4-2-3-7-25-20)27-19(18)5-8-29(15)22-11-17(10-21(24)28-22)30-13-16-6-9-31-14-16/h2-4,6-7,9-12,14-15H,5,8,13H2,1H3. The van der Waals surface area contributed by atoms with E-state index < -0.39 is 5.95 Å². The van der Waals surface area contributed by atoms with Crippen LogP contribution in [0.3, 0.4) is 0 Å². The van der Waals surface area contributed by atoms with Gasteiger partial charge in [-0.15, -0.1) is 0 Å². The van der Waals surface area contributed by atoms with E-state index in [1.54, 1.807) is 23.6 Å². The zero-order valence-electron chi connectivity index (χ0n) is 16.9. The zero-order valence-corrected chi connectivity index (χ0v) is 17.7. The van der Waals surface area contributed by atoms with Crippen molar-refractivity contribution >= 4 is 17.2 Å². The maximum Gasteiger partial charge on any atom is 0.218 e. The molecule has 0 N–H and O–H groups in total. The molecule has 0 radical (unpaired) electrons. The lowest BCUT2D eigenvalue weighted by Gasteiger charge is -2.35. The second-order valence-corrected chi connectivity index (χ2v) is 8.11. The largest absolute Gasteiger partial charge is 0.489 e. The van der Waals surface area contributed by atoms with Crippen LogP contribution in [0.4, 0.5) is 10.2 Å². The first-order valence-electron chi connectivity index (χ1n) is 10.0. The summed E-state index contributed by atoms with van der Waals surface area (Å²) in [6.07, 6.45) is 4.29. The molecule has 0 bridgehead atoms. The van der Waals surface area contributed by atoms with Gasteiger partial charge < -0.3 is 9.64 Å². The van der Waals surface area contributed by atoms with Gasteiger partial charge in [0.2, 0.25) is 5.95 Å². The molecule has 4 aromatic rings. The monoisotopic (exact) mass is 433 g/mol. The summed E-state index contributed by atoms with van der Waals surface area (Å²) in [7, 11) is 0. The van der Waals surface area contributed by atoms with Crippen molar-refractivity contribution in [3.05, 3.63) is 82.3 Å². The van der Waals surface area contributed by atoms with Gasteiger partial charge in [-0.1, -0.05) is 6.07 Å². The first kappa shape index (κ1) is 19.6. The van der Waals surface area contributed by atoms with E-state index in [1.807, 2.05) is 41.2 Å². The molecule has 6 nitrogen and oxygen atoms in total. The van der Waals surface area contributed by atoms with E-state index in [2.05, 4.69) is 26.8 Å². The SMILES string of the molecule is CC1c2cnc(-c3ccccn3)nc2CCN1c1cc(OCc2ccsc2)cc(F)n1. The molecule has 0 saturated carbocycles. The first-order chi connectivity index (χ1) is 15.2. The number of pyridine rings is 2. The van der Waals surface area contributed by atoms with Crippen LogP contribution in [0.5, 0.6) is 5.75 Å². The van der Waals surface area contributed by atoms with E-state index in [-0.39, 0.29) is 6.04 Å². The average molecular weight is 434 g/mol. The Hall–Kier alpha value is -3.39. The van der Waals surface area contributed by atoms with Gasteiger partial charge in [-0.2, -0.15) is 15.7 Å². The lowest BCUT2D eigenvalue weighted by Crippen LogP contribution is -2.35. The van der Waals surface area contributed by atoms with Gasteiger partial charge >= 0.3 is 0 Å². The minimum Gasteiger partial charge on any atom is -0.489 e. The predicted molar refractivity (Wildman–Crippen MR) is 118 cm³/mol. The van der Waals surface area contributed by atoms with Crippen LogP contribution < -0.4 is 9.64 Å². The molecule has 31 heavy (non-hydrogen) atoms. The van der Waals surface area contributed by atoms with E-state index in [0.717, 1.165) is 22.5 Å². The van der Waals surface area contributed by atoms with Gasteiger partial charge in [-0.05, 0) is 41.4 Å². The second-order valence-electron chi connectivity index (χ2n) is 7.33. The Morgan fingerprint density at radius 3 is 2.94 bits per heavy atom. The first-order valence-corrected chi connectivity index (χ1v) is 11.0. The van der Waals surface area contributed by atoms with Crippen LogP contribution in [0.1, 0.15) is 29.8 Å². The van der Waals surface area contributed by atoms with Gasteiger partial charge in [0.15, 0.2) is 5.82 Å². The summed E-state index contributed by atoms with van der Waals surface area (Å²) < 4.78 is 20.1. The van der Waals surface area contributed by atoms with Crippen molar-refractivity contribution < 1.29 is 9.13 Å². The maximum atomic E-state index is 14.3. The molecule has 5 rings (SSSR count). The highest BCUT2D eigenvalue weighted by molar-refractivity contribution is 7.07. The fourth-order valence-electron chi connectivity index (χ4n) is 3.73. The van der Waals surface area contributed by atoms with Crippen molar-refractivity contribution in [2.75, 3.05) is 11.4 Å². The molecule has 1 aliphatic rings. The van der Waals surface area contributed by atoms with Crippen LogP contribution in [0.25, 0.3) is 11.5 Å². The lowest BCUT2D eigenvalue weighted by molar-refractivity contribution is 0.304. The fourth-order valence-corrected chi connectivity index (χ4v) is 4.38. The van der Waals surface area contributed by atoms with Crippen LogP contribution >= 0.6 is 11.3 Å². The Labute approximate surface area is 183 Å².